The van der Waals surface area contributed by atoms with E-state index in [1.807, 2.05) is 0 Å². The van der Waals surface area contributed by atoms with Crippen molar-refractivity contribution in [1.82, 2.24) is 9.80 Å². The van der Waals surface area contributed by atoms with E-state index in [1.165, 1.54) is 7.11 Å². The first-order valence-electron chi connectivity index (χ1n) is 18.9. The Morgan fingerprint density at radius 2 is 1.46 bits per heavy atom. The first-order valence-corrected chi connectivity index (χ1v) is 18.9. The fraction of sp³-hybridized carbons (Fsp3) is 0.500. The third kappa shape index (κ3) is 9.27. The maximum atomic E-state index is 13.8. The minimum Gasteiger partial charge on any atom is -0.493 e. The lowest BCUT2D eigenvalue weighted by Gasteiger charge is -2.26. The van der Waals surface area contributed by atoms with Gasteiger partial charge in [0.25, 0.3) is 11.8 Å². The largest absolute Gasteiger partial charge is 0.493 e. The molecule has 2 aromatic rings. The van der Waals surface area contributed by atoms with Gasteiger partial charge >= 0.3 is 0 Å². The Morgan fingerprint density at radius 3 is 2.18 bits per heavy atom. The van der Waals surface area contributed by atoms with Crippen molar-refractivity contribution in [2.75, 3.05) is 84.9 Å². The Hall–Kier alpha value is -5.57. The lowest BCUT2D eigenvalue weighted by molar-refractivity contribution is -0.120. The number of amides is 3. The fourth-order valence-electron chi connectivity index (χ4n) is 7.31. The molecule has 4 heterocycles. The van der Waals surface area contributed by atoms with E-state index < -0.39 is 0 Å². The zero-order valence-corrected chi connectivity index (χ0v) is 32.1. The molecule has 0 unspecified atom stereocenters. The summed E-state index contributed by atoms with van der Waals surface area (Å²) in [5, 5.41) is 3.42. The molecule has 56 heavy (non-hydrogen) atoms. The van der Waals surface area contributed by atoms with Gasteiger partial charge in [0.15, 0.2) is 23.0 Å². The SMILES string of the molecule is C=C1C[C@H]2CN(C(=O)CCOCCOCCN=[N+]=[N-])c3cc(OCCCCCOc4cc5c(cc4OC)C(=O)N4CC(=C)C[C@H]4C=N5)c(OC)cc3C(=O)N2C1. The molecule has 3 amide bonds. The van der Waals surface area contributed by atoms with Crippen LogP contribution in [0, 0.1) is 0 Å². The summed E-state index contributed by atoms with van der Waals surface area (Å²) >= 11 is 0. The molecule has 2 saturated heterocycles. The number of carbonyl (C=O) groups excluding carboxylic acids is 3. The molecule has 16 nitrogen and oxygen atoms in total. The van der Waals surface area contributed by atoms with E-state index in [4.69, 9.17) is 34.0 Å². The fourth-order valence-corrected chi connectivity index (χ4v) is 7.31. The second-order valence-electron chi connectivity index (χ2n) is 14.0. The van der Waals surface area contributed by atoms with Gasteiger partial charge in [-0.25, -0.2) is 0 Å². The second kappa shape index (κ2) is 18.8. The van der Waals surface area contributed by atoms with Gasteiger partial charge in [0.05, 0.1) is 94.9 Å². The molecule has 0 aromatic heterocycles. The van der Waals surface area contributed by atoms with Crippen LogP contribution in [-0.2, 0) is 14.3 Å². The quantitative estimate of drug-likeness (QED) is 0.0573. The number of azide groups is 1. The molecule has 0 radical (unpaired) electrons. The minimum absolute atomic E-state index is 0.0976. The number of aliphatic imine (C=N–C) groups is 1. The van der Waals surface area contributed by atoms with Gasteiger partial charge in [-0.15, -0.1) is 0 Å². The van der Waals surface area contributed by atoms with Gasteiger partial charge in [0.2, 0.25) is 5.91 Å². The Kier molecular flexibility index (Phi) is 13.5. The monoisotopic (exact) mass is 771 g/mol. The maximum absolute atomic E-state index is 13.8. The molecule has 2 fully saturated rings. The summed E-state index contributed by atoms with van der Waals surface area (Å²) in [5.74, 6) is 1.35. The van der Waals surface area contributed by atoms with E-state index in [1.54, 1.807) is 52.3 Å². The van der Waals surface area contributed by atoms with Crippen molar-refractivity contribution in [2.24, 2.45) is 10.1 Å². The van der Waals surface area contributed by atoms with Crippen molar-refractivity contribution in [2.45, 2.75) is 50.6 Å². The molecular formula is C40H49N7O9. The topological polar surface area (TPSA) is 177 Å². The number of methoxy groups -OCH3 is 2. The van der Waals surface area contributed by atoms with E-state index in [0.29, 0.717) is 111 Å². The van der Waals surface area contributed by atoms with Crippen LogP contribution in [0.3, 0.4) is 0 Å². The summed E-state index contributed by atoms with van der Waals surface area (Å²) in [7, 11) is 3.07. The summed E-state index contributed by atoms with van der Waals surface area (Å²) in [6.45, 7) is 11.5. The highest BCUT2D eigenvalue weighted by Gasteiger charge is 2.40. The van der Waals surface area contributed by atoms with Crippen molar-refractivity contribution in [3.8, 4) is 23.0 Å². The predicted molar refractivity (Wildman–Crippen MR) is 209 cm³/mol. The zero-order valence-electron chi connectivity index (χ0n) is 32.1. The van der Waals surface area contributed by atoms with Crippen molar-refractivity contribution < 1.29 is 42.8 Å². The van der Waals surface area contributed by atoms with Crippen LogP contribution < -0.4 is 23.8 Å². The molecule has 16 heteroatoms. The average molecular weight is 772 g/mol. The number of nitrogens with zero attached hydrogens (tertiary/aromatic N) is 7. The zero-order chi connectivity index (χ0) is 39.6. The molecule has 2 atom stereocenters. The molecule has 6 rings (SSSR count). The number of hydrogen-bond acceptors (Lipinski definition) is 11. The third-order valence-corrected chi connectivity index (χ3v) is 10.1. The molecule has 0 spiro atoms. The molecule has 0 N–H and O–H groups in total. The average Bonchev–Trinajstić information content (AvgIpc) is 3.71. The van der Waals surface area contributed by atoms with E-state index >= 15 is 0 Å². The lowest BCUT2D eigenvalue weighted by atomic mass is 10.1. The van der Waals surface area contributed by atoms with Gasteiger partial charge in [-0.3, -0.25) is 19.4 Å². The number of unbranched alkanes of at least 4 members (excludes halogenated alkanes) is 2. The van der Waals surface area contributed by atoms with Crippen molar-refractivity contribution in [1.29, 1.82) is 0 Å². The Morgan fingerprint density at radius 1 is 0.821 bits per heavy atom. The summed E-state index contributed by atoms with van der Waals surface area (Å²) in [5.41, 5.74) is 12.2. The van der Waals surface area contributed by atoms with Gasteiger partial charge in [0.1, 0.15) is 0 Å². The second-order valence-corrected chi connectivity index (χ2v) is 14.0. The van der Waals surface area contributed by atoms with E-state index in [9.17, 15) is 14.4 Å². The van der Waals surface area contributed by atoms with Crippen LogP contribution in [-0.4, -0.2) is 126 Å². The Labute approximate surface area is 326 Å². The molecular weight excluding hydrogens is 722 g/mol. The third-order valence-electron chi connectivity index (χ3n) is 10.1. The van der Waals surface area contributed by atoms with Gasteiger partial charge in [0, 0.05) is 49.4 Å². The molecule has 4 aliphatic rings. The number of hydrogen-bond donors (Lipinski definition) is 0. The molecule has 2 aromatic carbocycles. The van der Waals surface area contributed by atoms with Crippen LogP contribution in [0.2, 0.25) is 0 Å². The maximum Gasteiger partial charge on any atom is 0.257 e. The molecule has 0 saturated carbocycles. The van der Waals surface area contributed by atoms with Crippen molar-refractivity contribution in [3.63, 3.8) is 0 Å². The van der Waals surface area contributed by atoms with E-state index in [-0.39, 0.29) is 56.0 Å². The van der Waals surface area contributed by atoms with E-state index in [0.717, 1.165) is 24.0 Å². The first kappa shape index (κ1) is 40.1. The number of rotatable bonds is 19. The number of anilines is 1. The summed E-state index contributed by atoms with van der Waals surface area (Å²) in [6.07, 6.45) is 5.45. The van der Waals surface area contributed by atoms with Crippen LogP contribution in [0.4, 0.5) is 11.4 Å². The predicted octanol–water partition coefficient (Wildman–Crippen LogP) is 5.67. The summed E-state index contributed by atoms with van der Waals surface area (Å²) in [6, 6.07) is 6.53. The summed E-state index contributed by atoms with van der Waals surface area (Å²) < 4.78 is 34.5. The number of fused-ring (bicyclic) bond motifs is 4. The summed E-state index contributed by atoms with van der Waals surface area (Å²) in [4.78, 5) is 53.3. The molecule has 298 valence electrons. The van der Waals surface area contributed by atoms with Crippen LogP contribution in [0.15, 0.2) is 58.7 Å². The standard InChI is InChI=1S/C40H49N7O9/c1-26-16-28-22-42-32-20-36(34(51-3)18-30(32)39(49)45(28)23-26)55-10-6-5-7-11-56-37-21-33-31(19-35(37)52-4)40(50)46-24-27(2)17-29(46)25-47(33)38(48)8-12-53-14-15-54-13-9-43-44-41/h18-22,28-29H,1-2,5-17,23-25H2,3-4H3/t28-,29-/m0/s1. The van der Waals surface area contributed by atoms with Crippen LogP contribution in [0.5, 0.6) is 23.0 Å². The molecule has 0 bridgehead atoms. The minimum atomic E-state index is -0.200. The van der Waals surface area contributed by atoms with Gasteiger partial charge in [-0.2, -0.15) is 0 Å². The van der Waals surface area contributed by atoms with Crippen LogP contribution in [0.1, 0.15) is 59.2 Å². The lowest BCUT2D eigenvalue weighted by Crippen LogP contribution is -2.42. The highest BCUT2D eigenvalue weighted by Crippen LogP contribution is 2.41. The highest BCUT2D eigenvalue weighted by molar-refractivity contribution is 6.07. The smallest absolute Gasteiger partial charge is 0.257 e. The van der Waals surface area contributed by atoms with Crippen LogP contribution >= 0.6 is 0 Å². The van der Waals surface area contributed by atoms with Crippen molar-refractivity contribution in [3.05, 3.63) is 70.1 Å². The Bertz CT molecular complexity index is 1910. The first-order chi connectivity index (χ1) is 27.2. The molecule has 0 aliphatic carbocycles. The van der Waals surface area contributed by atoms with Gasteiger partial charge in [-0.1, -0.05) is 29.4 Å². The van der Waals surface area contributed by atoms with Gasteiger partial charge in [-0.05, 0) is 49.8 Å². The number of carbonyl (C=O) groups is 3. The van der Waals surface area contributed by atoms with Crippen LogP contribution in [0.25, 0.3) is 10.4 Å². The number of benzene rings is 2. The highest BCUT2D eigenvalue weighted by atomic mass is 16.5. The normalized spacial score (nSPS) is 18.4. The Balaban J connectivity index is 1.04. The van der Waals surface area contributed by atoms with E-state index in [2.05, 4.69) is 28.2 Å². The molecule has 4 aliphatic heterocycles. The van der Waals surface area contributed by atoms with Crippen molar-refractivity contribution >= 4 is 35.3 Å². The van der Waals surface area contributed by atoms with Gasteiger partial charge < -0.3 is 43.1 Å². The number of ether oxygens (including phenoxy) is 6.